The lowest BCUT2D eigenvalue weighted by molar-refractivity contribution is 0.0554. The van der Waals surface area contributed by atoms with Crippen molar-refractivity contribution in [2.75, 3.05) is 46.4 Å². The number of aliphatic hydroxyl groups excluding tert-OH is 1. The van der Waals surface area contributed by atoms with E-state index in [9.17, 15) is 9.90 Å². The van der Waals surface area contributed by atoms with Crippen LogP contribution in [0.5, 0.6) is 5.75 Å². The molecular formula is C18H28N2O4. The van der Waals surface area contributed by atoms with E-state index in [1.54, 1.807) is 20.1 Å². The fourth-order valence-electron chi connectivity index (χ4n) is 2.93. The molecule has 1 aromatic carbocycles. The van der Waals surface area contributed by atoms with Crippen LogP contribution in [0.4, 0.5) is 0 Å². The number of carbonyl (C=O) groups excluding carboxylic acids is 1. The van der Waals surface area contributed by atoms with Gasteiger partial charge >= 0.3 is 0 Å². The summed E-state index contributed by atoms with van der Waals surface area (Å²) in [5, 5.41) is 9.46. The monoisotopic (exact) mass is 336 g/mol. The summed E-state index contributed by atoms with van der Waals surface area (Å²) >= 11 is 0. The normalized spacial score (nSPS) is 16.9. The van der Waals surface area contributed by atoms with Crippen LogP contribution in [0.15, 0.2) is 18.2 Å². The first-order chi connectivity index (χ1) is 11.5. The van der Waals surface area contributed by atoms with Crippen molar-refractivity contribution in [3.05, 3.63) is 29.3 Å². The van der Waals surface area contributed by atoms with Crippen molar-refractivity contribution in [3.8, 4) is 5.75 Å². The van der Waals surface area contributed by atoms with Gasteiger partial charge in [0.15, 0.2) is 0 Å². The summed E-state index contributed by atoms with van der Waals surface area (Å²) in [5.41, 5.74) is 1.55. The number of hydrogen-bond donors (Lipinski definition) is 1. The Balaban J connectivity index is 2.02. The Hall–Kier alpha value is -1.63. The van der Waals surface area contributed by atoms with Crippen LogP contribution in [-0.2, 0) is 11.3 Å². The topological polar surface area (TPSA) is 62.2 Å². The van der Waals surface area contributed by atoms with Crippen LogP contribution in [0.25, 0.3) is 0 Å². The molecule has 1 saturated heterocycles. The minimum absolute atomic E-state index is 0.0344. The lowest BCUT2D eigenvalue weighted by Crippen LogP contribution is -2.50. The highest BCUT2D eigenvalue weighted by molar-refractivity contribution is 5.94. The van der Waals surface area contributed by atoms with E-state index < -0.39 is 0 Å². The van der Waals surface area contributed by atoms with Crippen LogP contribution in [-0.4, -0.2) is 73.4 Å². The van der Waals surface area contributed by atoms with Crippen LogP contribution < -0.4 is 4.74 Å². The van der Waals surface area contributed by atoms with Gasteiger partial charge in [-0.25, -0.2) is 0 Å². The van der Waals surface area contributed by atoms with Gasteiger partial charge in [0.2, 0.25) is 0 Å². The molecule has 6 heteroatoms. The molecule has 0 radical (unpaired) electrons. The second-order valence-electron chi connectivity index (χ2n) is 6.11. The summed E-state index contributed by atoms with van der Waals surface area (Å²) in [5.74, 6) is 0.772. The number of methoxy groups -OCH3 is 1. The Bertz CT molecular complexity index is 540. The first-order valence-electron chi connectivity index (χ1n) is 8.49. The summed E-state index contributed by atoms with van der Waals surface area (Å²) in [6.07, 6.45) is -0.338. The van der Waals surface area contributed by atoms with Gasteiger partial charge in [-0.2, -0.15) is 0 Å². The molecule has 1 N–H and O–H groups in total. The molecule has 1 aromatic rings. The van der Waals surface area contributed by atoms with Crippen molar-refractivity contribution in [2.24, 2.45) is 0 Å². The molecule has 0 aromatic heterocycles. The number of benzene rings is 1. The summed E-state index contributed by atoms with van der Waals surface area (Å²) in [6.45, 7) is 8.37. The largest absolute Gasteiger partial charge is 0.496 e. The number of carbonyl (C=O) groups is 1. The van der Waals surface area contributed by atoms with Crippen molar-refractivity contribution in [3.63, 3.8) is 0 Å². The molecule has 0 bridgehead atoms. The third-order valence-corrected chi connectivity index (χ3v) is 4.17. The SMILES string of the molecule is CCOCc1cc(C(=O)N2CCN(C[C@@H](C)O)CC2)ccc1OC. The Kier molecular flexibility index (Phi) is 7.02. The van der Waals surface area contributed by atoms with Gasteiger partial charge in [-0.1, -0.05) is 0 Å². The van der Waals surface area contributed by atoms with Gasteiger partial charge in [0.05, 0.1) is 19.8 Å². The number of hydrogen-bond acceptors (Lipinski definition) is 5. The van der Waals surface area contributed by atoms with Gasteiger partial charge in [0.1, 0.15) is 5.75 Å². The Morgan fingerprint density at radius 1 is 1.29 bits per heavy atom. The number of rotatable bonds is 7. The van der Waals surface area contributed by atoms with Crippen molar-refractivity contribution < 1.29 is 19.4 Å². The molecule has 0 aliphatic carbocycles. The van der Waals surface area contributed by atoms with E-state index in [2.05, 4.69) is 4.90 Å². The predicted molar refractivity (Wildman–Crippen MR) is 92.3 cm³/mol. The Morgan fingerprint density at radius 3 is 2.58 bits per heavy atom. The van der Waals surface area contributed by atoms with Crippen molar-refractivity contribution in [1.82, 2.24) is 9.80 Å². The standard InChI is InChI=1S/C18H28N2O4/c1-4-24-13-16-11-15(5-6-17(16)23-3)18(22)20-9-7-19(8-10-20)12-14(2)21/h5-6,11,14,21H,4,7-10,12-13H2,1-3H3/t14-/m1/s1. The van der Waals surface area contributed by atoms with Crippen molar-refractivity contribution in [1.29, 1.82) is 0 Å². The molecule has 134 valence electrons. The first kappa shape index (κ1) is 18.7. The molecule has 0 unspecified atom stereocenters. The number of ether oxygens (including phenoxy) is 2. The molecule has 0 saturated carbocycles. The van der Waals surface area contributed by atoms with E-state index in [0.29, 0.717) is 38.4 Å². The lowest BCUT2D eigenvalue weighted by atomic mass is 10.1. The van der Waals surface area contributed by atoms with Crippen molar-refractivity contribution in [2.45, 2.75) is 26.6 Å². The van der Waals surface area contributed by atoms with Gasteiger partial charge in [-0.3, -0.25) is 9.69 Å². The number of aliphatic hydroxyl groups is 1. The number of β-amino-alcohol motifs (C(OH)–C–C–N with tert-alkyl or cyclic N) is 1. The molecule has 1 fully saturated rings. The quantitative estimate of drug-likeness (QED) is 0.815. The summed E-state index contributed by atoms with van der Waals surface area (Å²) in [7, 11) is 1.62. The highest BCUT2D eigenvalue weighted by Crippen LogP contribution is 2.22. The Morgan fingerprint density at radius 2 is 2.00 bits per heavy atom. The minimum atomic E-state index is -0.338. The van der Waals surface area contributed by atoms with Gasteiger partial charge in [-0.05, 0) is 32.0 Å². The second kappa shape index (κ2) is 9.01. The van der Waals surface area contributed by atoms with Crippen molar-refractivity contribution >= 4 is 5.91 Å². The second-order valence-corrected chi connectivity index (χ2v) is 6.11. The third kappa shape index (κ3) is 4.93. The number of nitrogens with zero attached hydrogens (tertiary/aromatic N) is 2. The zero-order valence-corrected chi connectivity index (χ0v) is 14.8. The molecule has 1 amide bonds. The van der Waals surface area contributed by atoms with E-state index in [0.717, 1.165) is 24.4 Å². The maximum atomic E-state index is 12.7. The van der Waals surface area contributed by atoms with Crippen LogP contribution >= 0.6 is 0 Å². The van der Waals surface area contributed by atoms with E-state index >= 15 is 0 Å². The van der Waals surface area contributed by atoms with E-state index in [1.807, 2.05) is 24.0 Å². The zero-order valence-electron chi connectivity index (χ0n) is 14.8. The number of amides is 1. The molecular weight excluding hydrogens is 308 g/mol. The van der Waals surface area contributed by atoms with E-state index in [4.69, 9.17) is 9.47 Å². The third-order valence-electron chi connectivity index (χ3n) is 4.17. The average molecular weight is 336 g/mol. The Labute approximate surface area is 144 Å². The maximum Gasteiger partial charge on any atom is 0.253 e. The number of piperazine rings is 1. The van der Waals surface area contributed by atoms with Crippen LogP contribution in [0.2, 0.25) is 0 Å². The lowest BCUT2D eigenvalue weighted by Gasteiger charge is -2.35. The highest BCUT2D eigenvalue weighted by Gasteiger charge is 2.23. The molecule has 6 nitrogen and oxygen atoms in total. The van der Waals surface area contributed by atoms with Gasteiger partial charge < -0.3 is 19.5 Å². The molecule has 2 rings (SSSR count). The van der Waals surface area contributed by atoms with Crippen LogP contribution in [0.3, 0.4) is 0 Å². The molecule has 1 atom stereocenters. The van der Waals surface area contributed by atoms with Gasteiger partial charge in [-0.15, -0.1) is 0 Å². The summed E-state index contributed by atoms with van der Waals surface area (Å²) in [4.78, 5) is 16.8. The summed E-state index contributed by atoms with van der Waals surface area (Å²) < 4.78 is 10.8. The molecule has 1 heterocycles. The minimum Gasteiger partial charge on any atom is -0.496 e. The molecule has 0 spiro atoms. The molecule has 24 heavy (non-hydrogen) atoms. The highest BCUT2D eigenvalue weighted by atomic mass is 16.5. The first-order valence-corrected chi connectivity index (χ1v) is 8.49. The maximum absolute atomic E-state index is 12.7. The van der Waals surface area contributed by atoms with Gasteiger partial charge in [0, 0.05) is 50.5 Å². The average Bonchev–Trinajstić information content (AvgIpc) is 2.59. The van der Waals surface area contributed by atoms with E-state index in [1.165, 1.54) is 0 Å². The smallest absolute Gasteiger partial charge is 0.253 e. The fourth-order valence-corrected chi connectivity index (χ4v) is 2.93. The predicted octanol–water partition coefficient (Wildman–Crippen LogP) is 1.37. The van der Waals surface area contributed by atoms with Gasteiger partial charge in [0.25, 0.3) is 5.91 Å². The van der Waals surface area contributed by atoms with Crippen LogP contribution in [0.1, 0.15) is 29.8 Å². The zero-order chi connectivity index (χ0) is 17.5. The van der Waals surface area contributed by atoms with Crippen LogP contribution in [0, 0.1) is 0 Å². The molecule has 1 aliphatic rings. The fraction of sp³-hybridized carbons (Fsp3) is 0.611. The molecule has 1 aliphatic heterocycles. The van der Waals surface area contributed by atoms with E-state index in [-0.39, 0.29) is 12.0 Å². The summed E-state index contributed by atoms with van der Waals surface area (Å²) in [6, 6.07) is 5.49.